The summed E-state index contributed by atoms with van der Waals surface area (Å²) in [5.41, 5.74) is 8.02. The van der Waals surface area contributed by atoms with E-state index in [1.165, 1.54) is 16.2 Å². The van der Waals surface area contributed by atoms with Crippen LogP contribution in [0.15, 0.2) is 53.9 Å². The molecule has 2 heterocycles. The van der Waals surface area contributed by atoms with E-state index in [-0.39, 0.29) is 18.2 Å². The van der Waals surface area contributed by atoms with Crippen molar-refractivity contribution in [3.05, 3.63) is 70.7 Å². The number of hydrogen-bond donors (Lipinski definition) is 3. The van der Waals surface area contributed by atoms with Crippen LogP contribution in [0.25, 0.3) is 0 Å². The number of carbonyl (C=O) groups is 2. The van der Waals surface area contributed by atoms with Crippen LogP contribution < -0.4 is 16.5 Å². The molecule has 8 nitrogen and oxygen atoms in total. The Morgan fingerprint density at radius 2 is 2.03 bits per heavy atom. The van der Waals surface area contributed by atoms with Gasteiger partial charge in [-0.1, -0.05) is 54.3 Å². The molecule has 2 aromatic carbocycles. The molecule has 1 unspecified atom stereocenters. The molecule has 1 aromatic heterocycles. The second-order valence-corrected chi connectivity index (χ2v) is 11.1. The van der Waals surface area contributed by atoms with Gasteiger partial charge in [0.15, 0.2) is 5.13 Å². The first-order valence-electron chi connectivity index (χ1n) is 12.6. The zero-order valence-electron chi connectivity index (χ0n) is 21.9. The number of thiazole rings is 1. The molecule has 2 amide bonds. The fourth-order valence-corrected chi connectivity index (χ4v) is 5.62. The molecule has 1 saturated heterocycles. The van der Waals surface area contributed by atoms with Crippen LogP contribution >= 0.6 is 11.3 Å². The zero-order valence-corrected chi connectivity index (χ0v) is 22.7. The third-order valence-electron chi connectivity index (χ3n) is 7.14. The van der Waals surface area contributed by atoms with E-state index in [0.29, 0.717) is 28.4 Å². The number of benzene rings is 2. The van der Waals surface area contributed by atoms with Crippen LogP contribution in [-0.2, 0) is 16.0 Å². The number of ether oxygens (including phenoxy) is 1. The van der Waals surface area contributed by atoms with Crippen LogP contribution in [0.2, 0.25) is 0 Å². The standard InChI is InChI=1S/C28H33BN4O4S/c1-28(2)20(10-7-11-23(33(3)27(36)37-28)25(35)17-8-5-4-6-9-17)18-12-13-22(21(29)14-18)32-24(34)15-19-16-38-26(30)31-19/h4-6,8-9,12-14,16,20,23,25,35H,7,10-11,15H2,1-3H3,(H2,30,31)(H,32,34)/t20?,23-,25-/m1/s1. The number of nitrogen functional groups attached to an aromatic ring is 1. The molecule has 1 aliphatic heterocycles. The first-order valence-corrected chi connectivity index (χ1v) is 13.5. The van der Waals surface area contributed by atoms with Crippen molar-refractivity contribution >= 4 is 47.5 Å². The molecule has 4 rings (SSSR count). The molecule has 2 radical (unpaired) electrons. The van der Waals surface area contributed by atoms with Crippen LogP contribution in [0.4, 0.5) is 15.6 Å². The lowest BCUT2D eigenvalue weighted by Gasteiger charge is -2.36. The van der Waals surface area contributed by atoms with E-state index in [4.69, 9.17) is 18.3 Å². The molecule has 3 aromatic rings. The Morgan fingerprint density at radius 1 is 1.29 bits per heavy atom. The average molecular weight is 532 g/mol. The molecule has 10 heteroatoms. The van der Waals surface area contributed by atoms with Gasteiger partial charge in [-0.15, -0.1) is 11.3 Å². The minimum absolute atomic E-state index is 0.101. The van der Waals surface area contributed by atoms with E-state index in [1.54, 1.807) is 18.5 Å². The summed E-state index contributed by atoms with van der Waals surface area (Å²) in [6.07, 6.45) is 0.888. The summed E-state index contributed by atoms with van der Waals surface area (Å²) in [6.45, 7) is 3.78. The number of nitrogens with two attached hydrogens (primary N) is 1. The maximum absolute atomic E-state index is 13.2. The van der Waals surface area contributed by atoms with Crippen LogP contribution in [0.1, 0.15) is 62.0 Å². The Morgan fingerprint density at radius 3 is 2.68 bits per heavy atom. The number of aliphatic hydroxyl groups excluding tert-OH is 1. The van der Waals surface area contributed by atoms with Crippen molar-refractivity contribution < 1.29 is 19.4 Å². The fraction of sp³-hybridized carbons (Fsp3) is 0.393. The number of cyclic esters (lactones) is 1. The van der Waals surface area contributed by atoms with E-state index in [0.717, 1.165) is 24.0 Å². The molecule has 1 fully saturated rings. The number of nitrogens with zero attached hydrogens (tertiary/aromatic N) is 2. The monoisotopic (exact) mass is 532 g/mol. The summed E-state index contributed by atoms with van der Waals surface area (Å²) >= 11 is 1.29. The van der Waals surface area contributed by atoms with Crippen molar-refractivity contribution in [3.63, 3.8) is 0 Å². The average Bonchev–Trinajstić information content (AvgIpc) is 3.29. The van der Waals surface area contributed by atoms with Crippen molar-refractivity contribution in [2.75, 3.05) is 18.1 Å². The number of carbonyl (C=O) groups excluding carboxylic acids is 2. The van der Waals surface area contributed by atoms with Crippen LogP contribution in [0.5, 0.6) is 0 Å². The zero-order chi connectivity index (χ0) is 27.4. The van der Waals surface area contributed by atoms with Gasteiger partial charge in [0.1, 0.15) is 13.4 Å². The number of aromatic nitrogens is 1. The highest BCUT2D eigenvalue weighted by atomic mass is 32.1. The smallest absolute Gasteiger partial charge is 0.410 e. The van der Waals surface area contributed by atoms with Crippen LogP contribution in [-0.4, -0.2) is 53.5 Å². The van der Waals surface area contributed by atoms with Gasteiger partial charge in [-0.05, 0) is 43.9 Å². The summed E-state index contributed by atoms with van der Waals surface area (Å²) in [4.78, 5) is 31.3. The largest absolute Gasteiger partial charge is 0.443 e. The maximum atomic E-state index is 13.2. The van der Waals surface area contributed by atoms with Gasteiger partial charge < -0.3 is 25.8 Å². The Kier molecular flexibility index (Phi) is 8.43. The van der Waals surface area contributed by atoms with Gasteiger partial charge in [0, 0.05) is 24.0 Å². The third-order valence-corrected chi connectivity index (χ3v) is 7.86. The number of amides is 2. The van der Waals surface area contributed by atoms with Gasteiger partial charge in [0.25, 0.3) is 0 Å². The lowest BCUT2D eigenvalue weighted by Crippen LogP contribution is -2.44. The Balaban J connectivity index is 1.50. The second kappa shape index (κ2) is 11.6. The quantitative estimate of drug-likeness (QED) is 0.415. The van der Waals surface area contributed by atoms with Gasteiger partial charge in [-0.3, -0.25) is 4.79 Å². The summed E-state index contributed by atoms with van der Waals surface area (Å²) < 4.78 is 6.01. The maximum Gasteiger partial charge on any atom is 0.410 e. The highest BCUT2D eigenvalue weighted by molar-refractivity contribution is 7.13. The predicted molar refractivity (Wildman–Crippen MR) is 151 cm³/mol. The molecule has 0 spiro atoms. The molecule has 38 heavy (non-hydrogen) atoms. The minimum Gasteiger partial charge on any atom is -0.443 e. The summed E-state index contributed by atoms with van der Waals surface area (Å²) in [7, 11) is 8.01. The molecular weight excluding hydrogens is 499 g/mol. The molecule has 0 saturated carbocycles. The molecule has 198 valence electrons. The molecule has 4 N–H and O–H groups in total. The molecule has 3 atom stereocenters. The number of rotatable bonds is 6. The summed E-state index contributed by atoms with van der Waals surface area (Å²) in [6, 6.07) is 14.4. The molecular formula is C28H33BN4O4S. The lowest BCUT2D eigenvalue weighted by atomic mass is 9.78. The van der Waals surface area contributed by atoms with Crippen molar-refractivity contribution in [1.82, 2.24) is 9.88 Å². The van der Waals surface area contributed by atoms with Gasteiger partial charge in [-0.2, -0.15) is 0 Å². The molecule has 1 aliphatic rings. The molecule has 0 aliphatic carbocycles. The fourth-order valence-electron chi connectivity index (χ4n) is 5.06. The minimum atomic E-state index is -0.834. The number of hydrogen-bond acceptors (Lipinski definition) is 7. The van der Waals surface area contributed by atoms with Crippen LogP contribution in [0, 0.1) is 0 Å². The third kappa shape index (κ3) is 6.36. The van der Waals surface area contributed by atoms with Gasteiger partial charge in [-0.25, -0.2) is 9.78 Å². The van der Waals surface area contributed by atoms with Gasteiger partial charge in [0.2, 0.25) is 5.91 Å². The SMILES string of the molecule is [B]c1cc(C2CCC[C@H]([C@H](O)c3ccccc3)N(C)C(=O)OC2(C)C)ccc1NC(=O)Cc1csc(N)n1. The van der Waals surface area contributed by atoms with E-state index in [9.17, 15) is 14.7 Å². The second-order valence-electron chi connectivity index (χ2n) is 10.2. The topological polar surface area (TPSA) is 118 Å². The van der Waals surface area contributed by atoms with Crippen molar-refractivity contribution in [3.8, 4) is 0 Å². The number of nitrogens with one attached hydrogen (secondary N) is 1. The van der Waals surface area contributed by atoms with Crippen molar-refractivity contribution in [2.45, 2.75) is 63.2 Å². The predicted octanol–water partition coefficient (Wildman–Crippen LogP) is 3.92. The summed E-state index contributed by atoms with van der Waals surface area (Å²) in [5.74, 6) is -0.380. The van der Waals surface area contributed by atoms with E-state index in [1.807, 2.05) is 56.3 Å². The highest BCUT2D eigenvalue weighted by Crippen LogP contribution is 2.39. The Hall–Kier alpha value is -3.37. The van der Waals surface area contributed by atoms with E-state index in [2.05, 4.69) is 10.3 Å². The highest BCUT2D eigenvalue weighted by Gasteiger charge is 2.39. The van der Waals surface area contributed by atoms with Crippen molar-refractivity contribution in [1.29, 1.82) is 0 Å². The Bertz CT molecular complexity index is 1280. The molecule has 0 bridgehead atoms. The van der Waals surface area contributed by atoms with E-state index < -0.39 is 23.8 Å². The number of anilines is 2. The number of aliphatic hydroxyl groups is 1. The normalized spacial score (nSPS) is 20.5. The van der Waals surface area contributed by atoms with Crippen LogP contribution in [0.3, 0.4) is 0 Å². The Labute approximate surface area is 228 Å². The van der Waals surface area contributed by atoms with E-state index >= 15 is 0 Å². The van der Waals surface area contributed by atoms with Crippen molar-refractivity contribution in [2.24, 2.45) is 0 Å². The first-order chi connectivity index (χ1) is 18.0. The van der Waals surface area contributed by atoms with Gasteiger partial charge in [0.05, 0.1) is 24.3 Å². The van der Waals surface area contributed by atoms with Gasteiger partial charge >= 0.3 is 6.09 Å². The first kappa shape index (κ1) is 27.7. The number of likely N-dealkylation sites (N-methyl/N-ethyl adjacent to an activating group) is 1. The lowest BCUT2D eigenvalue weighted by molar-refractivity contribution is -0.115. The summed E-state index contributed by atoms with van der Waals surface area (Å²) in [5, 5.41) is 16.1.